The van der Waals surface area contributed by atoms with E-state index in [1.54, 1.807) is 42.7 Å². The van der Waals surface area contributed by atoms with Gasteiger partial charge in [0.1, 0.15) is 17.8 Å². The van der Waals surface area contributed by atoms with Gasteiger partial charge in [-0.3, -0.25) is 9.47 Å². The molecule has 5 rings (SSSR count). The van der Waals surface area contributed by atoms with Crippen molar-refractivity contribution < 1.29 is 19.1 Å². The summed E-state index contributed by atoms with van der Waals surface area (Å²) in [6.45, 7) is 0. The number of benzene rings is 3. The van der Waals surface area contributed by atoms with Crippen molar-refractivity contribution in [2.75, 3.05) is 19.1 Å². The number of para-hydroxylation sites is 2. The summed E-state index contributed by atoms with van der Waals surface area (Å²) in [5.41, 5.74) is 10.2. The number of methoxy groups -OCH3 is 2. The molecule has 0 saturated heterocycles. The zero-order chi connectivity index (χ0) is 26.8. The maximum Gasteiger partial charge on any atom is 0.355 e. The van der Waals surface area contributed by atoms with Crippen molar-refractivity contribution in [3.63, 3.8) is 0 Å². The number of nitriles is 1. The molecule has 9 nitrogen and oxygen atoms in total. The number of esters is 2. The summed E-state index contributed by atoms with van der Waals surface area (Å²) in [6.07, 6.45) is 1.72. The zero-order valence-electron chi connectivity index (χ0n) is 20.7. The lowest BCUT2D eigenvalue weighted by Crippen LogP contribution is -2.40. The molecule has 2 heterocycles. The number of ether oxygens (including phenoxy) is 2. The van der Waals surface area contributed by atoms with Crippen LogP contribution >= 0.6 is 0 Å². The molecule has 1 aliphatic rings. The van der Waals surface area contributed by atoms with Crippen LogP contribution < -0.4 is 10.6 Å². The molecule has 1 atom stereocenters. The highest BCUT2D eigenvalue weighted by molar-refractivity contribution is 6.06. The SMILES string of the molecule is COC(=O)C1=C(C(=O)OC)N(c2ccc(-n3cnc4ccccc43)cc2)C(N)=C(C#N)C1c1ccccc1. The Bertz CT molecular complexity index is 1650. The highest BCUT2D eigenvalue weighted by atomic mass is 16.5. The van der Waals surface area contributed by atoms with Crippen molar-refractivity contribution in [1.29, 1.82) is 5.26 Å². The highest BCUT2D eigenvalue weighted by Gasteiger charge is 2.42. The fourth-order valence-electron chi connectivity index (χ4n) is 4.71. The lowest BCUT2D eigenvalue weighted by Gasteiger charge is -2.35. The van der Waals surface area contributed by atoms with Gasteiger partial charge in [-0.1, -0.05) is 42.5 Å². The van der Waals surface area contributed by atoms with Crippen molar-refractivity contribution in [2.45, 2.75) is 5.92 Å². The van der Waals surface area contributed by atoms with Crippen molar-refractivity contribution in [2.24, 2.45) is 5.73 Å². The van der Waals surface area contributed by atoms with Gasteiger partial charge in [0.05, 0.1) is 48.4 Å². The number of nitrogens with two attached hydrogens (primary N) is 1. The molecule has 0 spiro atoms. The third kappa shape index (κ3) is 3.94. The molecule has 38 heavy (non-hydrogen) atoms. The zero-order valence-corrected chi connectivity index (χ0v) is 20.7. The van der Waals surface area contributed by atoms with Crippen LogP contribution in [0.2, 0.25) is 0 Å². The number of rotatable bonds is 5. The molecule has 4 aromatic rings. The highest BCUT2D eigenvalue weighted by Crippen LogP contribution is 2.43. The molecular formula is C29H23N5O4. The molecule has 0 fully saturated rings. The first kappa shape index (κ1) is 24.3. The predicted octanol–water partition coefficient (Wildman–Crippen LogP) is 3.92. The quantitative estimate of drug-likeness (QED) is 0.405. The number of anilines is 1. The van der Waals surface area contributed by atoms with Gasteiger partial charge in [0.2, 0.25) is 0 Å². The van der Waals surface area contributed by atoms with E-state index in [0.717, 1.165) is 16.7 Å². The average Bonchev–Trinajstić information content (AvgIpc) is 3.40. The molecule has 1 aromatic heterocycles. The summed E-state index contributed by atoms with van der Waals surface area (Å²) in [7, 11) is 2.43. The fourth-order valence-corrected chi connectivity index (χ4v) is 4.71. The standard InChI is InChI=1S/C29H23N5O4/c1-37-28(35)25-24(18-8-4-3-5-9-18)21(16-30)27(31)34(26(25)29(36)38-2)20-14-12-19(13-15-20)33-17-32-22-10-6-7-11-23(22)33/h3-15,17,24H,31H2,1-2H3. The molecule has 3 aromatic carbocycles. The minimum absolute atomic E-state index is 0.00948. The van der Waals surface area contributed by atoms with Crippen LogP contribution in [-0.2, 0) is 19.1 Å². The topological polar surface area (TPSA) is 123 Å². The molecule has 1 unspecified atom stereocenters. The summed E-state index contributed by atoms with van der Waals surface area (Å²) in [5, 5.41) is 10.2. The van der Waals surface area contributed by atoms with E-state index in [9.17, 15) is 14.9 Å². The number of imidazole rings is 1. The van der Waals surface area contributed by atoms with E-state index >= 15 is 0 Å². The predicted molar refractivity (Wildman–Crippen MR) is 141 cm³/mol. The van der Waals surface area contributed by atoms with Crippen LogP contribution in [0, 0.1) is 11.3 Å². The third-order valence-corrected chi connectivity index (χ3v) is 6.45. The number of fused-ring (bicyclic) bond motifs is 1. The van der Waals surface area contributed by atoms with Crippen molar-refractivity contribution in [1.82, 2.24) is 9.55 Å². The van der Waals surface area contributed by atoms with Gasteiger partial charge in [0.15, 0.2) is 0 Å². The van der Waals surface area contributed by atoms with E-state index in [-0.39, 0.29) is 22.7 Å². The molecule has 0 amide bonds. The van der Waals surface area contributed by atoms with Crippen LogP contribution in [0.1, 0.15) is 11.5 Å². The van der Waals surface area contributed by atoms with Crippen LogP contribution in [0.3, 0.4) is 0 Å². The monoisotopic (exact) mass is 505 g/mol. The van der Waals surface area contributed by atoms with E-state index in [0.29, 0.717) is 11.3 Å². The number of hydrogen-bond donors (Lipinski definition) is 1. The maximum atomic E-state index is 13.2. The second-order valence-corrected chi connectivity index (χ2v) is 8.45. The van der Waals surface area contributed by atoms with Crippen LogP contribution in [-0.4, -0.2) is 35.7 Å². The number of allylic oxidation sites excluding steroid dienone is 1. The Kier molecular flexibility index (Phi) is 6.37. The van der Waals surface area contributed by atoms with Gasteiger partial charge < -0.3 is 15.2 Å². The van der Waals surface area contributed by atoms with Crippen molar-refractivity contribution >= 4 is 28.7 Å². The summed E-state index contributed by atoms with van der Waals surface area (Å²) < 4.78 is 12.1. The Labute approximate surface area is 218 Å². The first-order valence-corrected chi connectivity index (χ1v) is 11.7. The van der Waals surface area contributed by atoms with E-state index < -0.39 is 17.9 Å². The van der Waals surface area contributed by atoms with Gasteiger partial charge in [-0.25, -0.2) is 14.6 Å². The number of nitrogens with zero attached hydrogens (tertiary/aromatic N) is 4. The van der Waals surface area contributed by atoms with Crippen LogP contribution in [0.4, 0.5) is 5.69 Å². The smallest absolute Gasteiger partial charge is 0.355 e. The molecule has 0 radical (unpaired) electrons. The number of aromatic nitrogens is 2. The average molecular weight is 506 g/mol. The minimum Gasteiger partial charge on any atom is -0.466 e. The van der Waals surface area contributed by atoms with Crippen molar-refractivity contribution in [3.8, 4) is 11.8 Å². The Morgan fingerprint density at radius 2 is 1.53 bits per heavy atom. The number of carbonyl (C=O) groups is 2. The van der Waals surface area contributed by atoms with Gasteiger partial charge in [0.25, 0.3) is 0 Å². The number of carbonyl (C=O) groups excluding carboxylic acids is 2. The van der Waals surface area contributed by atoms with Crippen LogP contribution in [0.5, 0.6) is 0 Å². The van der Waals surface area contributed by atoms with Gasteiger partial charge in [-0.2, -0.15) is 5.26 Å². The van der Waals surface area contributed by atoms with Gasteiger partial charge in [-0.15, -0.1) is 0 Å². The van der Waals surface area contributed by atoms with Gasteiger partial charge in [0, 0.05) is 11.4 Å². The molecule has 188 valence electrons. The Hall–Kier alpha value is -5.36. The summed E-state index contributed by atoms with van der Waals surface area (Å²) in [4.78, 5) is 32.2. The molecule has 9 heteroatoms. The van der Waals surface area contributed by atoms with E-state index in [2.05, 4.69) is 11.1 Å². The van der Waals surface area contributed by atoms with E-state index in [1.807, 2.05) is 47.0 Å². The van der Waals surface area contributed by atoms with Crippen LogP contribution in [0.25, 0.3) is 16.7 Å². The molecule has 0 aliphatic carbocycles. The first-order valence-electron chi connectivity index (χ1n) is 11.7. The minimum atomic E-state index is -0.921. The number of hydrogen-bond acceptors (Lipinski definition) is 8. The summed E-state index contributed by atoms with van der Waals surface area (Å²) in [6, 6.07) is 25.9. The second-order valence-electron chi connectivity index (χ2n) is 8.45. The maximum absolute atomic E-state index is 13.2. The first-order chi connectivity index (χ1) is 18.5. The van der Waals surface area contributed by atoms with Crippen LogP contribution in [0.15, 0.2) is 108 Å². The normalized spacial score (nSPS) is 15.4. The largest absolute Gasteiger partial charge is 0.466 e. The summed E-state index contributed by atoms with van der Waals surface area (Å²) in [5.74, 6) is -2.48. The molecule has 2 N–H and O–H groups in total. The molecule has 0 bridgehead atoms. The molecular weight excluding hydrogens is 482 g/mol. The van der Waals surface area contributed by atoms with E-state index in [4.69, 9.17) is 15.2 Å². The molecule has 1 aliphatic heterocycles. The fraction of sp³-hybridized carbons (Fsp3) is 0.103. The van der Waals surface area contributed by atoms with Gasteiger partial charge in [-0.05, 0) is 42.0 Å². The Morgan fingerprint density at radius 3 is 2.18 bits per heavy atom. The molecule has 0 saturated carbocycles. The lowest BCUT2D eigenvalue weighted by atomic mass is 9.81. The Balaban J connectivity index is 1.70. The Morgan fingerprint density at radius 1 is 0.895 bits per heavy atom. The van der Waals surface area contributed by atoms with E-state index in [1.165, 1.54) is 19.1 Å². The third-order valence-electron chi connectivity index (χ3n) is 6.45. The second kappa shape index (κ2) is 9.95. The summed E-state index contributed by atoms with van der Waals surface area (Å²) >= 11 is 0. The van der Waals surface area contributed by atoms with Crippen molar-refractivity contribution in [3.05, 3.63) is 113 Å². The lowest BCUT2D eigenvalue weighted by molar-refractivity contribution is -0.139. The van der Waals surface area contributed by atoms with Gasteiger partial charge >= 0.3 is 11.9 Å².